The largest absolute Gasteiger partial charge is 0.508 e. The molecule has 0 aliphatic heterocycles. The summed E-state index contributed by atoms with van der Waals surface area (Å²) >= 11 is 6.11. The minimum atomic E-state index is 0.213. The maximum absolute atomic E-state index is 9.36. The van der Waals surface area contributed by atoms with Crippen molar-refractivity contribution < 1.29 is 9.52 Å². The number of rotatable bonds is 3. The Bertz CT molecular complexity index is 1020. The Kier molecular flexibility index (Phi) is 3.55. The Balaban J connectivity index is 1.87. The summed E-state index contributed by atoms with van der Waals surface area (Å²) in [7, 11) is 0. The van der Waals surface area contributed by atoms with Crippen molar-refractivity contribution in [2.45, 2.75) is 0 Å². The first-order valence-corrected chi connectivity index (χ1v) is 7.63. The molecule has 118 valence electrons. The predicted octanol–water partition coefficient (Wildman–Crippen LogP) is 4.70. The number of fused-ring (bicyclic) bond motifs is 1. The lowest BCUT2D eigenvalue weighted by Crippen LogP contribution is -1.85. The van der Waals surface area contributed by atoms with Crippen LogP contribution in [0.4, 0.5) is 5.82 Å². The molecule has 0 saturated heterocycles. The van der Waals surface area contributed by atoms with Gasteiger partial charge in [0.2, 0.25) is 0 Å². The monoisotopic (exact) mass is 337 g/mol. The Morgan fingerprint density at radius 3 is 2.71 bits per heavy atom. The van der Waals surface area contributed by atoms with Crippen molar-refractivity contribution in [3.63, 3.8) is 0 Å². The summed E-state index contributed by atoms with van der Waals surface area (Å²) in [5.41, 5.74) is 2.22. The van der Waals surface area contributed by atoms with Crippen molar-refractivity contribution in [3.8, 4) is 17.2 Å². The molecule has 6 heteroatoms. The second kappa shape index (κ2) is 5.86. The first-order valence-electron chi connectivity index (χ1n) is 7.25. The Morgan fingerprint density at radius 2 is 1.96 bits per heavy atom. The molecule has 3 heterocycles. The molecule has 0 bridgehead atoms. The summed E-state index contributed by atoms with van der Waals surface area (Å²) in [4.78, 5) is 9.15. The van der Waals surface area contributed by atoms with Crippen molar-refractivity contribution in [2.75, 3.05) is 0 Å². The fourth-order valence-electron chi connectivity index (χ4n) is 2.40. The highest BCUT2D eigenvalue weighted by atomic mass is 35.5. The number of imidazole rings is 1. The molecule has 0 saturated carbocycles. The molecule has 5 nitrogen and oxygen atoms in total. The lowest BCUT2D eigenvalue weighted by molar-refractivity contribution is 0.475. The molecule has 0 aliphatic rings. The zero-order valence-electron chi connectivity index (χ0n) is 12.4. The number of hydrogen-bond donors (Lipinski definition) is 1. The van der Waals surface area contributed by atoms with Gasteiger partial charge in [0, 0.05) is 12.4 Å². The van der Waals surface area contributed by atoms with Gasteiger partial charge in [0.05, 0.1) is 11.3 Å². The van der Waals surface area contributed by atoms with Gasteiger partial charge in [-0.1, -0.05) is 11.6 Å². The predicted molar refractivity (Wildman–Crippen MR) is 93.3 cm³/mol. The zero-order valence-corrected chi connectivity index (χ0v) is 13.2. The van der Waals surface area contributed by atoms with Crippen molar-refractivity contribution in [3.05, 3.63) is 71.6 Å². The second-order valence-electron chi connectivity index (χ2n) is 5.19. The molecule has 3 aromatic heterocycles. The van der Waals surface area contributed by atoms with Crippen LogP contribution in [0.2, 0.25) is 5.02 Å². The molecular formula is C18H12ClN3O2. The summed E-state index contributed by atoms with van der Waals surface area (Å²) in [6.07, 6.45) is 5.07. The van der Waals surface area contributed by atoms with Crippen LogP contribution < -0.4 is 0 Å². The summed E-state index contributed by atoms with van der Waals surface area (Å²) in [5.74, 6) is 1.47. The minimum absolute atomic E-state index is 0.213. The number of pyridine rings is 1. The van der Waals surface area contributed by atoms with Gasteiger partial charge in [0.25, 0.3) is 0 Å². The molecule has 1 N–H and O–H groups in total. The lowest BCUT2D eigenvalue weighted by Gasteiger charge is -1.99. The first-order chi connectivity index (χ1) is 11.7. The number of aliphatic imine (C=N–C) groups is 1. The summed E-state index contributed by atoms with van der Waals surface area (Å²) < 4.78 is 7.29. The number of aromatic hydroxyl groups is 1. The quantitative estimate of drug-likeness (QED) is 0.551. The highest BCUT2D eigenvalue weighted by Crippen LogP contribution is 2.32. The van der Waals surface area contributed by atoms with E-state index in [1.54, 1.807) is 55.1 Å². The fourth-order valence-corrected chi connectivity index (χ4v) is 2.56. The molecule has 0 unspecified atom stereocenters. The van der Waals surface area contributed by atoms with Crippen molar-refractivity contribution in [1.82, 2.24) is 9.38 Å². The van der Waals surface area contributed by atoms with Crippen LogP contribution in [-0.4, -0.2) is 20.7 Å². The highest BCUT2D eigenvalue weighted by Gasteiger charge is 2.15. The maximum Gasteiger partial charge on any atom is 0.168 e. The SMILES string of the molecule is Oc1ccc(C=Nc2c(-c3ccco3)nc3ccc(Cl)cn23)cc1. The van der Waals surface area contributed by atoms with Crippen LogP contribution in [0.25, 0.3) is 17.1 Å². The van der Waals surface area contributed by atoms with E-state index < -0.39 is 0 Å². The third kappa shape index (κ3) is 2.66. The summed E-state index contributed by atoms with van der Waals surface area (Å²) in [6.45, 7) is 0. The average molecular weight is 338 g/mol. The number of aromatic nitrogens is 2. The van der Waals surface area contributed by atoms with Crippen LogP contribution in [0, 0.1) is 0 Å². The minimum Gasteiger partial charge on any atom is -0.508 e. The molecule has 24 heavy (non-hydrogen) atoms. The molecule has 0 spiro atoms. The third-order valence-electron chi connectivity index (χ3n) is 3.54. The zero-order chi connectivity index (χ0) is 16.5. The molecule has 4 aromatic rings. The Labute approximate surface area is 142 Å². The van der Waals surface area contributed by atoms with E-state index in [4.69, 9.17) is 16.0 Å². The van der Waals surface area contributed by atoms with Crippen LogP contribution in [-0.2, 0) is 0 Å². The van der Waals surface area contributed by atoms with E-state index in [0.29, 0.717) is 22.3 Å². The number of furan rings is 1. The molecule has 0 atom stereocenters. The van der Waals surface area contributed by atoms with Gasteiger partial charge < -0.3 is 9.52 Å². The van der Waals surface area contributed by atoms with Crippen molar-refractivity contribution in [1.29, 1.82) is 0 Å². The summed E-state index contributed by atoms with van der Waals surface area (Å²) in [6, 6.07) is 14.0. The van der Waals surface area contributed by atoms with Crippen LogP contribution in [0.3, 0.4) is 0 Å². The summed E-state index contributed by atoms with van der Waals surface area (Å²) in [5, 5.41) is 9.95. The third-order valence-corrected chi connectivity index (χ3v) is 3.76. The molecular weight excluding hydrogens is 326 g/mol. The number of phenols is 1. The van der Waals surface area contributed by atoms with E-state index in [1.807, 2.05) is 16.5 Å². The highest BCUT2D eigenvalue weighted by molar-refractivity contribution is 6.30. The Morgan fingerprint density at radius 1 is 1.12 bits per heavy atom. The average Bonchev–Trinajstić information content (AvgIpc) is 3.21. The van der Waals surface area contributed by atoms with Gasteiger partial charge in [-0.3, -0.25) is 4.40 Å². The van der Waals surface area contributed by atoms with Crippen LogP contribution in [0.15, 0.2) is 70.4 Å². The number of halogens is 1. The molecule has 0 aliphatic carbocycles. The van der Waals surface area contributed by atoms with E-state index in [0.717, 1.165) is 11.2 Å². The van der Waals surface area contributed by atoms with Crippen LogP contribution in [0.1, 0.15) is 5.56 Å². The number of benzene rings is 1. The lowest BCUT2D eigenvalue weighted by atomic mass is 10.2. The van der Waals surface area contributed by atoms with Gasteiger partial charge in [-0.2, -0.15) is 0 Å². The van der Waals surface area contributed by atoms with Gasteiger partial charge in [-0.15, -0.1) is 0 Å². The normalized spacial score (nSPS) is 11.5. The molecule has 0 fully saturated rings. The first kappa shape index (κ1) is 14.5. The van der Waals surface area contributed by atoms with E-state index in [9.17, 15) is 5.11 Å². The van der Waals surface area contributed by atoms with Crippen LogP contribution in [0.5, 0.6) is 5.75 Å². The standard InChI is InChI=1S/C18H12ClN3O2/c19-13-5-8-16-21-17(15-2-1-9-24-15)18(22(16)11-13)20-10-12-3-6-14(23)7-4-12/h1-11,23H. The van der Waals surface area contributed by atoms with E-state index >= 15 is 0 Å². The maximum atomic E-state index is 9.36. The van der Waals surface area contributed by atoms with Gasteiger partial charge in [0.15, 0.2) is 17.3 Å². The number of phenolic OH excluding ortho intramolecular Hbond substituents is 1. The second-order valence-corrected chi connectivity index (χ2v) is 5.62. The number of nitrogens with zero attached hydrogens (tertiary/aromatic N) is 3. The fraction of sp³-hybridized carbons (Fsp3) is 0. The van der Waals surface area contributed by atoms with E-state index in [1.165, 1.54) is 0 Å². The molecule has 1 aromatic carbocycles. The Hall–Kier alpha value is -3.05. The van der Waals surface area contributed by atoms with Gasteiger partial charge in [0.1, 0.15) is 11.4 Å². The van der Waals surface area contributed by atoms with E-state index in [2.05, 4.69) is 9.98 Å². The topological polar surface area (TPSA) is 63.0 Å². The van der Waals surface area contributed by atoms with Gasteiger partial charge >= 0.3 is 0 Å². The molecule has 0 amide bonds. The van der Waals surface area contributed by atoms with Gasteiger partial charge in [-0.25, -0.2) is 9.98 Å². The van der Waals surface area contributed by atoms with Crippen LogP contribution >= 0.6 is 11.6 Å². The van der Waals surface area contributed by atoms with Gasteiger partial charge in [-0.05, 0) is 54.1 Å². The van der Waals surface area contributed by atoms with Crippen molar-refractivity contribution >= 4 is 29.3 Å². The van der Waals surface area contributed by atoms with Crippen molar-refractivity contribution in [2.24, 2.45) is 4.99 Å². The van der Waals surface area contributed by atoms with E-state index in [-0.39, 0.29) is 5.75 Å². The number of hydrogen-bond acceptors (Lipinski definition) is 4. The molecule has 0 radical (unpaired) electrons. The molecule has 4 rings (SSSR count). The smallest absolute Gasteiger partial charge is 0.168 e.